The molecule has 0 bridgehead atoms. The van der Waals surface area contributed by atoms with Crippen molar-refractivity contribution in [3.8, 4) is 21.8 Å². The fraction of sp³-hybridized carbons (Fsp3) is 0.143. The number of benzene rings is 2. The average Bonchev–Trinajstić information content (AvgIpc) is 3.44. The number of nitrogens with zero attached hydrogens (tertiary/aromatic N) is 2. The van der Waals surface area contributed by atoms with E-state index >= 15 is 0 Å². The van der Waals surface area contributed by atoms with Crippen LogP contribution in [0.2, 0.25) is 0 Å². The maximum Gasteiger partial charge on any atom is 0.0980 e. The van der Waals surface area contributed by atoms with Crippen LogP contribution < -0.4 is 0 Å². The monoisotopic (exact) mass is 450 g/mol. The minimum Gasteiger partial charge on any atom is -0.256 e. The summed E-state index contributed by atoms with van der Waals surface area (Å²) in [5.74, 6) is 0. The molecule has 0 N–H and O–H groups in total. The number of thiophene rings is 2. The Balaban J connectivity index is 1.60. The van der Waals surface area contributed by atoms with Gasteiger partial charge < -0.3 is 0 Å². The molecule has 4 heterocycles. The standard InChI is InChI=1S/C28H22N2S2/c1-28(2,3)22-15-19(14-18-6-4-5-7-20(18)22)25-21-16-24(32-23(21)9-12-29-25)26-27-17(8-11-30-26)10-13-31-27/h4-16H,1-3H3. The lowest BCUT2D eigenvalue weighted by atomic mass is 9.82. The van der Waals surface area contributed by atoms with Crippen LogP contribution in [-0.4, -0.2) is 9.97 Å². The molecule has 0 saturated heterocycles. The Bertz CT molecular complexity index is 1620. The summed E-state index contributed by atoms with van der Waals surface area (Å²) in [4.78, 5) is 10.8. The van der Waals surface area contributed by atoms with E-state index < -0.39 is 0 Å². The average molecular weight is 451 g/mol. The summed E-state index contributed by atoms with van der Waals surface area (Å²) in [5.41, 5.74) is 4.68. The van der Waals surface area contributed by atoms with Gasteiger partial charge in [-0.1, -0.05) is 45.0 Å². The summed E-state index contributed by atoms with van der Waals surface area (Å²) in [5, 5.41) is 7.15. The molecular formula is C28H22N2S2. The van der Waals surface area contributed by atoms with E-state index in [0.717, 1.165) is 11.4 Å². The van der Waals surface area contributed by atoms with Crippen LogP contribution in [0, 0.1) is 0 Å². The molecule has 0 aliphatic heterocycles. The number of hydrogen-bond acceptors (Lipinski definition) is 4. The van der Waals surface area contributed by atoms with E-state index in [1.807, 2.05) is 12.4 Å². The Morgan fingerprint density at radius 2 is 1.56 bits per heavy atom. The van der Waals surface area contributed by atoms with Gasteiger partial charge in [-0.3, -0.25) is 9.97 Å². The van der Waals surface area contributed by atoms with Gasteiger partial charge in [-0.05, 0) is 68.9 Å². The highest BCUT2D eigenvalue weighted by atomic mass is 32.1. The first-order chi connectivity index (χ1) is 15.5. The highest BCUT2D eigenvalue weighted by Gasteiger charge is 2.20. The van der Waals surface area contributed by atoms with Crippen LogP contribution >= 0.6 is 22.7 Å². The predicted octanol–water partition coefficient (Wildman–Crippen LogP) is 8.69. The molecule has 156 valence electrons. The molecule has 6 rings (SSSR count). The Labute approximate surface area is 195 Å². The lowest BCUT2D eigenvalue weighted by Gasteiger charge is -2.22. The highest BCUT2D eigenvalue weighted by molar-refractivity contribution is 7.23. The van der Waals surface area contributed by atoms with E-state index in [1.54, 1.807) is 22.7 Å². The van der Waals surface area contributed by atoms with Gasteiger partial charge in [0.25, 0.3) is 0 Å². The van der Waals surface area contributed by atoms with Crippen molar-refractivity contribution in [3.63, 3.8) is 0 Å². The van der Waals surface area contributed by atoms with E-state index in [2.05, 4.69) is 86.8 Å². The van der Waals surface area contributed by atoms with Gasteiger partial charge >= 0.3 is 0 Å². The second-order valence-corrected chi connectivity index (χ2v) is 11.2. The molecule has 0 aliphatic rings. The fourth-order valence-electron chi connectivity index (χ4n) is 4.45. The third-order valence-corrected chi connectivity index (χ3v) is 8.03. The van der Waals surface area contributed by atoms with Crippen molar-refractivity contribution in [2.24, 2.45) is 0 Å². The number of hydrogen-bond donors (Lipinski definition) is 0. The summed E-state index contributed by atoms with van der Waals surface area (Å²) < 4.78 is 2.49. The van der Waals surface area contributed by atoms with Crippen molar-refractivity contribution >= 4 is 53.6 Å². The zero-order valence-electron chi connectivity index (χ0n) is 18.2. The Morgan fingerprint density at radius 3 is 2.44 bits per heavy atom. The van der Waals surface area contributed by atoms with Gasteiger partial charge in [-0.25, -0.2) is 0 Å². The molecule has 0 radical (unpaired) electrons. The summed E-state index contributed by atoms with van der Waals surface area (Å²) in [7, 11) is 0. The maximum atomic E-state index is 4.86. The second kappa shape index (κ2) is 7.22. The van der Waals surface area contributed by atoms with Crippen molar-refractivity contribution in [3.05, 3.63) is 84.0 Å². The van der Waals surface area contributed by atoms with Crippen molar-refractivity contribution in [1.82, 2.24) is 9.97 Å². The van der Waals surface area contributed by atoms with E-state index in [-0.39, 0.29) is 5.41 Å². The zero-order chi connectivity index (χ0) is 21.9. The van der Waals surface area contributed by atoms with E-state index in [0.29, 0.717) is 0 Å². The molecule has 0 aliphatic carbocycles. The lowest BCUT2D eigenvalue weighted by molar-refractivity contribution is 0.596. The SMILES string of the molecule is CC(C)(C)c1cc(-c2nccc3sc(-c4nccc5ccsc45)cc23)cc2ccccc12. The summed E-state index contributed by atoms with van der Waals surface area (Å²) >= 11 is 3.55. The Morgan fingerprint density at radius 1 is 0.750 bits per heavy atom. The molecule has 4 aromatic heterocycles. The smallest absolute Gasteiger partial charge is 0.0980 e. The van der Waals surface area contributed by atoms with E-state index in [1.165, 1.54) is 46.9 Å². The zero-order valence-corrected chi connectivity index (χ0v) is 19.8. The predicted molar refractivity (Wildman–Crippen MR) is 140 cm³/mol. The molecule has 0 atom stereocenters. The Kier molecular flexibility index (Phi) is 4.42. The van der Waals surface area contributed by atoms with Crippen LogP contribution in [0.4, 0.5) is 0 Å². The molecule has 2 nitrogen and oxygen atoms in total. The molecule has 0 unspecified atom stereocenters. The third kappa shape index (κ3) is 3.14. The Hall–Kier alpha value is -3.08. The largest absolute Gasteiger partial charge is 0.256 e. The second-order valence-electron chi connectivity index (χ2n) is 9.18. The molecule has 32 heavy (non-hydrogen) atoms. The van der Waals surface area contributed by atoms with Gasteiger partial charge in [0.05, 0.1) is 21.0 Å². The highest BCUT2D eigenvalue weighted by Crippen LogP contribution is 2.42. The van der Waals surface area contributed by atoms with E-state index in [9.17, 15) is 0 Å². The van der Waals surface area contributed by atoms with Crippen molar-refractivity contribution in [1.29, 1.82) is 0 Å². The first-order valence-electron chi connectivity index (χ1n) is 10.7. The quantitative estimate of drug-likeness (QED) is 0.264. The first kappa shape index (κ1) is 19.6. The van der Waals surface area contributed by atoms with Crippen LogP contribution in [0.15, 0.2) is 78.4 Å². The normalized spacial score (nSPS) is 12.2. The number of aromatic nitrogens is 2. The minimum atomic E-state index is 0.0437. The van der Waals surface area contributed by atoms with Crippen LogP contribution in [0.25, 0.3) is 52.8 Å². The van der Waals surface area contributed by atoms with E-state index in [4.69, 9.17) is 9.97 Å². The summed E-state index contributed by atoms with van der Waals surface area (Å²) in [6.07, 6.45) is 3.84. The van der Waals surface area contributed by atoms with Crippen molar-refractivity contribution in [2.45, 2.75) is 26.2 Å². The molecule has 6 aromatic rings. The molecular weight excluding hydrogens is 428 g/mol. The van der Waals surface area contributed by atoms with Gasteiger partial charge in [0.2, 0.25) is 0 Å². The van der Waals surface area contributed by atoms with Crippen LogP contribution in [0.3, 0.4) is 0 Å². The molecule has 0 spiro atoms. The van der Waals surface area contributed by atoms with Gasteiger partial charge in [0.1, 0.15) is 0 Å². The number of rotatable bonds is 2. The minimum absolute atomic E-state index is 0.0437. The third-order valence-electron chi connectivity index (χ3n) is 5.99. The van der Waals surface area contributed by atoms with Crippen molar-refractivity contribution in [2.75, 3.05) is 0 Å². The number of pyridine rings is 2. The van der Waals surface area contributed by atoms with Crippen molar-refractivity contribution < 1.29 is 0 Å². The van der Waals surface area contributed by atoms with Gasteiger partial charge in [-0.15, -0.1) is 22.7 Å². The lowest BCUT2D eigenvalue weighted by Crippen LogP contribution is -2.12. The summed E-state index contributed by atoms with van der Waals surface area (Å²) in [6.45, 7) is 6.84. The van der Waals surface area contributed by atoms with Gasteiger partial charge in [0.15, 0.2) is 0 Å². The van der Waals surface area contributed by atoms with Gasteiger partial charge in [-0.2, -0.15) is 0 Å². The topological polar surface area (TPSA) is 25.8 Å². The first-order valence-corrected chi connectivity index (χ1v) is 12.4. The summed E-state index contributed by atoms with van der Waals surface area (Å²) in [6, 6.07) is 21.9. The molecule has 0 amide bonds. The number of fused-ring (bicyclic) bond motifs is 3. The molecule has 2 aromatic carbocycles. The molecule has 0 fully saturated rings. The van der Waals surface area contributed by atoms with Gasteiger partial charge in [0, 0.05) is 28.0 Å². The van der Waals surface area contributed by atoms with Crippen LogP contribution in [0.1, 0.15) is 26.3 Å². The molecule has 0 saturated carbocycles. The molecule has 4 heteroatoms. The van der Waals surface area contributed by atoms with Crippen LogP contribution in [-0.2, 0) is 5.41 Å². The van der Waals surface area contributed by atoms with Crippen LogP contribution in [0.5, 0.6) is 0 Å². The maximum absolute atomic E-state index is 4.86. The fourth-order valence-corrected chi connectivity index (χ4v) is 6.47.